The van der Waals surface area contributed by atoms with Gasteiger partial charge in [-0.15, -0.1) is 0 Å². The molecule has 3 rings (SSSR count). The van der Waals surface area contributed by atoms with Gasteiger partial charge in [0.1, 0.15) is 0 Å². The molecule has 0 saturated heterocycles. The standard InChI is InChI=1S/C20H18ClF3N4O/c1-26-18(12-4-3-8-27-10-12)13-7-9-28(11-16(13)25)19(29)14-5-2-6-15(17(14)21)20(22,23)24/h2-6,8,10H,7,9,11,25H2,1H3. The van der Waals surface area contributed by atoms with Crippen LogP contribution in [0.15, 0.2) is 59.0 Å². The molecule has 152 valence electrons. The lowest BCUT2D eigenvalue weighted by atomic mass is 9.95. The molecule has 29 heavy (non-hydrogen) atoms. The van der Waals surface area contributed by atoms with Gasteiger partial charge in [-0.1, -0.05) is 17.7 Å². The van der Waals surface area contributed by atoms with Crippen LogP contribution in [0.5, 0.6) is 0 Å². The van der Waals surface area contributed by atoms with Gasteiger partial charge in [0.25, 0.3) is 5.91 Å². The zero-order valence-corrected chi connectivity index (χ0v) is 16.3. The van der Waals surface area contributed by atoms with Gasteiger partial charge >= 0.3 is 6.18 Å². The highest BCUT2D eigenvalue weighted by molar-refractivity contribution is 6.34. The van der Waals surface area contributed by atoms with Gasteiger partial charge < -0.3 is 10.6 Å². The number of hydrogen-bond donors (Lipinski definition) is 1. The second kappa shape index (κ2) is 8.24. The summed E-state index contributed by atoms with van der Waals surface area (Å²) in [6.45, 7) is 0.348. The number of benzene rings is 1. The van der Waals surface area contributed by atoms with Crippen LogP contribution in [0.4, 0.5) is 13.2 Å². The summed E-state index contributed by atoms with van der Waals surface area (Å²) >= 11 is 5.89. The van der Waals surface area contributed by atoms with Crippen LogP contribution in [0.2, 0.25) is 5.02 Å². The molecule has 9 heteroatoms. The molecule has 5 nitrogen and oxygen atoms in total. The Bertz CT molecular complexity index is 987. The van der Waals surface area contributed by atoms with Gasteiger partial charge in [0.05, 0.1) is 28.4 Å². The molecule has 0 saturated carbocycles. The smallest absolute Gasteiger partial charge is 0.400 e. The largest absolute Gasteiger partial charge is 0.417 e. The molecule has 1 aromatic heterocycles. The molecule has 1 aliphatic rings. The SMILES string of the molecule is CN=C(C1=C(N)CN(C(=O)c2cccc(C(F)(F)F)c2Cl)CC1)c1cccnc1. The quantitative estimate of drug-likeness (QED) is 0.762. The van der Waals surface area contributed by atoms with Crippen LogP contribution in [-0.4, -0.2) is 41.6 Å². The molecular formula is C20H18ClF3N4O. The van der Waals surface area contributed by atoms with Gasteiger partial charge in [0, 0.05) is 42.8 Å². The van der Waals surface area contributed by atoms with E-state index in [0.29, 0.717) is 17.8 Å². The lowest BCUT2D eigenvalue weighted by molar-refractivity contribution is -0.137. The van der Waals surface area contributed by atoms with Crippen LogP contribution in [0.25, 0.3) is 0 Å². The minimum Gasteiger partial charge on any atom is -0.400 e. The minimum absolute atomic E-state index is 0.0695. The van der Waals surface area contributed by atoms with Gasteiger partial charge in [0.2, 0.25) is 0 Å². The Morgan fingerprint density at radius 1 is 1.28 bits per heavy atom. The molecule has 2 aromatic rings. The second-order valence-electron chi connectivity index (χ2n) is 6.46. The molecule has 2 heterocycles. The summed E-state index contributed by atoms with van der Waals surface area (Å²) in [5.41, 5.74) is 7.67. The first kappa shape index (κ1) is 20.9. The lowest BCUT2D eigenvalue weighted by Gasteiger charge is -2.30. The molecule has 0 unspecified atom stereocenters. The second-order valence-corrected chi connectivity index (χ2v) is 6.84. The van der Waals surface area contributed by atoms with Crippen LogP contribution in [0, 0.1) is 0 Å². The summed E-state index contributed by atoms with van der Waals surface area (Å²) in [5.74, 6) is -0.598. The van der Waals surface area contributed by atoms with Gasteiger partial charge in [0.15, 0.2) is 0 Å². The van der Waals surface area contributed by atoms with Crippen molar-refractivity contribution >= 4 is 23.2 Å². The molecule has 0 aliphatic carbocycles. The van der Waals surface area contributed by atoms with E-state index in [1.807, 2.05) is 6.07 Å². The molecule has 0 radical (unpaired) electrons. The van der Waals surface area contributed by atoms with Crippen molar-refractivity contribution in [2.45, 2.75) is 12.6 Å². The maximum absolute atomic E-state index is 13.1. The van der Waals surface area contributed by atoms with Crippen LogP contribution in [-0.2, 0) is 6.18 Å². The maximum Gasteiger partial charge on any atom is 0.417 e. The highest BCUT2D eigenvalue weighted by atomic mass is 35.5. The Labute approximate surface area is 170 Å². The van der Waals surface area contributed by atoms with Gasteiger partial charge in [-0.25, -0.2) is 0 Å². The number of aliphatic imine (C=N–C) groups is 1. The van der Waals surface area contributed by atoms with E-state index in [4.69, 9.17) is 17.3 Å². The third-order valence-corrected chi connectivity index (χ3v) is 5.05. The van der Waals surface area contributed by atoms with Gasteiger partial charge in [-0.3, -0.25) is 14.8 Å². The Hall–Kier alpha value is -2.87. The van der Waals surface area contributed by atoms with Crippen molar-refractivity contribution in [3.63, 3.8) is 0 Å². The molecule has 0 spiro atoms. The Morgan fingerprint density at radius 3 is 2.62 bits per heavy atom. The number of halogens is 4. The predicted octanol–water partition coefficient (Wildman–Crippen LogP) is 3.93. The number of hydrogen-bond acceptors (Lipinski definition) is 4. The van der Waals surface area contributed by atoms with E-state index in [0.717, 1.165) is 17.2 Å². The average Bonchev–Trinajstić information content (AvgIpc) is 2.69. The summed E-state index contributed by atoms with van der Waals surface area (Å²) in [6, 6.07) is 6.94. The predicted molar refractivity (Wildman–Crippen MR) is 105 cm³/mol. The van der Waals surface area contributed by atoms with Crippen molar-refractivity contribution in [3.8, 4) is 0 Å². The van der Waals surface area contributed by atoms with Crippen LogP contribution in [0.1, 0.15) is 27.9 Å². The lowest BCUT2D eigenvalue weighted by Crippen LogP contribution is -2.40. The minimum atomic E-state index is -4.64. The Morgan fingerprint density at radius 2 is 2.03 bits per heavy atom. The van der Waals surface area contributed by atoms with E-state index >= 15 is 0 Å². The Balaban J connectivity index is 1.87. The average molecular weight is 423 g/mol. The van der Waals surface area contributed by atoms with Crippen LogP contribution < -0.4 is 5.73 Å². The monoisotopic (exact) mass is 422 g/mol. The molecular weight excluding hydrogens is 405 g/mol. The first-order valence-corrected chi connectivity index (χ1v) is 9.12. The fourth-order valence-corrected chi connectivity index (χ4v) is 3.57. The summed E-state index contributed by atoms with van der Waals surface area (Å²) < 4.78 is 39.2. The van der Waals surface area contributed by atoms with Crippen molar-refractivity contribution in [1.82, 2.24) is 9.88 Å². The normalized spacial score (nSPS) is 15.6. The van der Waals surface area contributed by atoms with E-state index in [1.165, 1.54) is 17.0 Å². The van der Waals surface area contributed by atoms with E-state index in [9.17, 15) is 18.0 Å². The van der Waals surface area contributed by atoms with Crippen molar-refractivity contribution < 1.29 is 18.0 Å². The number of nitrogens with zero attached hydrogens (tertiary/aromatic N) is 3. The van der Waals surface area contributed by atoms with E-state index in [-0.39, 0.29) is 18.7 Å². The number of alkyl halides is 3. The number of carbonyl (C=O) groups excluding carboxylic acids is 1. The molecule has 0 atom stereocenters. The number of nitrogens with two attached hydrogens (primary N) is 1. The maximum atomic E-state index is 13.1. The summed E-state index contributed by atoms with van der Waals surface area (Å²) in [6.07, 6.45) is -0.912. The van der Waals surface area contributed by atoms with E-state index in [2.05, 4.69) is 9.98 Å². The zero-order valence-electron chi connectivity index (χ0n) is 15.5. The van der Waals surface area contributed by atoms with Crippen molar-refractivity contribution in [2.24, 2.45) is 10.7 Å². The third kappa shape index (κ3) is 4.27. The summed E-state index contributed by atoms with van der Waals surface area (Å²) in [7, 11) is 1.64. The highest BCUT2D eigenvalue weighted by Gasteiger charge is 2.35. The number of aromatic nitrogens is 1. The van der Waals surface area contributed by atoms with Crippen LogP contribution >= 0.6 is 11.6 Å². The highest BCUT2D eigenvalue weighted by Crippen LogP contribution is 2.36. The number of rotatable bonds is 3. The molecule has 2 N–H and O–H groups in total. The van der Waals surface area contributed by atoms with Crippen molar-refractivity contribution in [1.29, 1.82) is 0 Å². The molecule has 0 fully saturated rings. The van der Waals surface area contributed by atoms with E-state index < -0.39 is 22.7 Å². The fourth-order valence-electron chi connectivity index (χ4n) is 3.26. The van der Waals surface area contributed by atoms with Gasteiger partial charge in [-0.05, 0) is 30.7 Å². The first-order valence-electron chi connectivity index (χ1n) is 8.74. The molecule has 1 amide bonds. The number of carbonyl (C=O) groups is 1. The third-order valence-electron chi connectivity index (χ3n) is 4.65. The fraction of sp³-hybridized carbons (Fsp3) is 0.250. The summed E-state index contributed by atoms with van der Waals surface area (Å²) in [5, 5.41) is -0.607. The Kier molecular flexibility index (Phi) is 5.93. The molecule has 1 aromatic carbocycles. The van der Waals surface area contributed by atoms with Crippen LogP contribution in [0.3, 0.4) is 0 Å². The van der Waals surface area contributed by atoms with Crippen molar-refractivity contribution in [2.75, 3.05) is 20.1 Å². The first-order chi connectivity index (χ1) is 13.7. The van der Waals surface area contributed by atoms with Gasteiger partial charge in [-0.2, -0.15) is 13.2 Å². The number of amides is 1. The zero-order chi connectivity index (χ0) is 21.2. The topological polar surface area (TPSA) is 71.6 Å². The summed E-state index contributed by atoms with van der Waals surface area (Å²) in [4.78, 5) is 22.6. The van der Waals surface area contributed by atoms with Crippen molar-refractivity contribution in [3.05, 3.63) is 75.7 Å². The number of pyridine rings is 1. The van der Waals surface area contributed by atoms with E-state index in [1.54, 1.807) is 25.5 Å². The molecule has 0 bridgehead atoms. The molecule has 1 aliphatic heterocycles.